The quantitative estimate of drug-likeness (QED) is 0.235. The van der Waals surface area contributed by atoms with Crippen LogP contribution in [0.4, 0.5) is 5.82 Å². The fourth-order valence-electron chi connectivity index (χ4n) is 1.95. The van der Waals surface area contributed by atoms with Gasteiger partial charge in [0.15, 0.2) is 11.5 Å². The highest BCUT2D eigenvalue weighted by Gasteiger charge is 2.40. The van der Waals surface area contributed by atoms with E-state index in [2.05, 4.69) is 23.6 Å². The van der Waals surface area contributed by atoms with Crippen LogP contribution in [-0.2, 0) is 33.6 Å². The van der Waals surface area contributed by atoms with Crippen LogP contribution in [0.2, 0.25) is 0 Å². The largest absolute Gasteiger partial charge is 0.488 e. The maximum Gasteiger partial charge on any atom is 0.488 e. The van der Waals surface area contributed by atoms with Crippen LogP contribution in [-0.4, -0.2) is 63.3 Å². The molecular weight excluding hydrogens is 447 g/mol. The summed E-state index contributed by atoms with van der Waals surface area (Å²) < 4.78 is 47.4. The second kappa shape index (κ2) is 8.61. The van der Waals surface area contributed by atoms with Gasteiger partial charge >= 0.3 is 23.2 Å². The third kappa shape index (κ3) is 6.65. The average Bonchev–Trinajstić information content (AvgIpc) is 2.92. The summed E-state index contributed by atoms with van der Waals surface area (Å²) in [5, 5.41) is 9.37. The summed E-state index contributed by atoms with van der Waals surface area (Å²) in [5.41, 5.74) is 6.22. The zero-order valence-corrected chi connectivity index (χ0v) is 16.4. The molecule has 0 fully saturated rings. The first-order valence-electron chi connectivity index (χ1n) is 7.08. The van der Waals surface area contributed by atoms with Crippen molar-refractivity contribution in [3.63, 3.8) is 0 Å². The van der Waals surface area contributed by atoms with E-state index in [9.17, 15) is 23.7 Å². The number of nitrogen functional groups attached to an aromatic ring is 1. The molecule has 7 N–H and O–H groups in total. The van der Waals surface area contributed by atoms with Crippen molar-refractivity contribution in [2.24, 2.45) is 0 Å². The monoisotopic (exact) mass is 463 g/mol. The minimum Gasteiger partial charge on any atom is -0.394 e. The standard InChI is InChI=1S/C9H16N5O11P3/c10-8-7-9(12-3-11-8)14(4-13-7)1-6(2-15)23-5-26(16,17)24-28(21,22)25-27(18,19)20/h3-4,6,15H,1-2,5H2,(H,16,17)(H,21,22)(H2,10,11,12)(H2,18,19,20)/t6-/m0/s1. The van der Waals surface area contributed by atoms with Crippen LogP contribution in [0.1, 0.15) is 0 Å². The fraction of sp³-hybridized carbons (Fsp3) is 0.444. The van der Waals surface area contributed by atoms with Crippen LogP contribution in [0, 0.1) is 0 Å². The Morgan fingerprint density at radius 2 is 1.79 bits per heavy atom. The fourth-order valence-corrected chi connectivity index (χ4v) is 5.29. The number of aliphatic hydroxyl groups is 1. The maximum atomic E-state index is 11.8. The first-order valence-corrected chi connectivity index (χ1v) is 11.9. The molecule has 28 heavy (non-hydrogen) atoms. The van der Waals surface area contributed by atoms with E-state index in [0.717, 1.165) is 0 Å². The molecule has 0 radical (unpaired) electrons. The van der Waals surface area contributed by atoms with Gasteiger partial charge in [-0.25, -0.2) is 28.4 Å². The van der Waals surface area contributed by atoms with Crippen molar-refractivity contribution in [1.82, 2.24) is 19.5 Å². The molecule has 2 unspecified atom stereocenters. The minimum absolute atomic E-state index is 0.112. The topological polar surface area (TPSA) is 250 Å². The van der Waals surface area contributed by atoms with E-state index < -0.39 is 42.3 Å². The molecule has 2 aromatic heterocycles. The number of fused-ring (bicyclic) bond motifs is 1. The molecule has 0 amide bonds. The van der Waals surface area contributed by atoms with Crippen molar-refractivity contribution in [2.45, 2.75) is 12.6 Å². The molecule has 0 bridgehead atoms. The van der Waals surface area contributed by atoms with Gasteiger partial charge in [0.2, 0.25) is 0 Å². The Bertz CT molecular complexity index is 976. The third-order valence-electron chi connectivity index (χ3n) is 2.95. The zero-order chi connectivity index (χ0) is 21.2. The summed E-state index contributed by atoms with van der Waals surface area (Å²) in [6.45, 7) is -0.755. The Morgan fingerprint density at radius 3 is 2.39 bits per heavy atom. The molecule has 0 aliphatic rings. The normalized spacial score (nSPS) is 17.9. The Morgan fingerprint density at radius 1 is 1.11 bits per heavy atom. The number of anilines is 1. The Kier molecular flexibility index (Phi) is 7.08. The molecule has 2 rings (SSSR count). The molecule has 2 heterocycles. The van der Waals surface area contributed by atoms with Gasteiger partial charge in [-0.3, -0.25) is 4.57 Å². The smallest absolute Gasteiger partial charge is 0.394 e. The molecule has 16 nitrogen and oxygen atoms in total. The lowest BCUT2D eigenvalue weighted by atomic mass is 10.3. The highest BCUT2D eigenvalue weighted by atomic mass is 31.3. The lowest BCUT2D eigenvalue weighted by molar-refractivity contribution is 0.0202. The molecular formula is C9H16N5O11P3. The summed E-state index contributed by atoms with van der Waals surface area (Å²) in [6, 6.07) is 0. The van der Waals surface area contributed by atoms with Gasteiger partial charge in [-0.1, -0.05) is 0 Å². The van der Waals surface area contributed by atoms with Gasteiger partial charge in [0, 0.05) is 0 Å². The molecule has 3 atom stereocenters. The predicted octanol–water partition coefficient (Wildman–Crippen LogP) is -0.845. The van der Waals surface area contributed by atoms with Crippen LogP contribution >= 0.6 is 23.2 Å². The highest BCUT2D eigenvalue weighted by Crippen LogP contribution is 2.65. The van der Waals surface area contributed by atoms with Gasteiger partial charge in [-0.2, -0.15) is 4.31 Å². The summed E-state index contributed by atoms with van der Waals surface area (Å²) >= 11 is 0. The maximum absolute atomic E-state index is 11.8. The van der Waals surface area contributed by atoms with Crippen LogP contribution in [0.5, 0.6) is 0 Å². The number of imidazole rings is 1. The number of aromatic nitrogens is 4. The van der Waals surface area contributed by atoms with E-state index in [0.29, 0.717) is 5.65 Å². The Labute approximate surface area is 156 Å². The molecule has 0 saturated carbocycles. The third-order valence-corrected chi connectivity index (χ3v) is 6.95. The number of aliphatic hydroxyl groups excluding tert-OH is 1. The lowest BCUT2D eigenvalue weighted by Gasteiger charge is -2.20. The summed E-state index contributed by atoms with van der Waals surface area (Å²) in [5.74, 6) is 0.113. The summed E-state index contributed by atoms with van der Waals surface area (Å²) in [4.78, 5) is 47.3. The summed E-state index contributed by atoms with van der Waals surface area (Å²) in [7, 11) is -16.0. The number of nitrogens with zero attached hydrogens (tertiary/aromatic N) is 4. The van der Waals surface area contributed by atoms with Crippen LogP contribution < -0.4 is 5.73 Å². The van der Waals surface area contributed by atoms with Crippen molar-refractivity contribution in [1.29, 1.82) is 0 Å². The van der Waals surface area contributed by atoms with Gasteiger partial charge in [-0.15, -0.1) is 0 Å². The van der Waals surface area contributed by atoms with Crippen molar-refractivity contribution in [3.8, 4) is 0 Å². The van der Waals surface area contributed by atoms with E-state index in [1.54, 1.807) is 0 Å². The first-order chi connectivity index (χ1) is 12.8. The lowest BCUT2D eigenvalue weighted by Crippen LogP contribution is -2.24. The van der Waals surface area contributed by atoms with Crippen molar-refractivity contribution < 1.29 is 51.7 Å². The minimum atomic E-state index is -5.56. The molecule has 0 saturated heterocycles. The van der Waals surface area contributed by atoms with Gasteiger partial charge in [-0.05, 0) is 0 Å². The van der Waals surface area contributed by atoms with Crippen LogP contribution in [0.15, 0.2) is 12.7 Å². The number of rotatable bonds is 10. The molecule has 2 aromatic rings. The van der Waals surface area contributed by atoms with E-state index in [1.807, 2.05) is 0 Å². The van der Waals surface area contributed by atoms with E-state index in [1.165, 1.54) is 17.2 Å². The van der Waals surface area contributed by atoms with Crippen LogP contribution in [0.3, 0.4) is 0 Å². The van der Waals surface area contributed by atoms with E-state index in [4.69, 9.17) is 25.2 Å². The molecule has 0 aromatic carbocycles. The Balaban J connectivity index is 2.02. The average molecular weight is 463 g/mol. The first kappa shape index (κ1) is 23.0. The Hall–Kier alpha value is -1.28. The number of hydrogen-bond acceptors (Lipinski definition) is 11. The van der Waals surface area contributed by atoms with Gasteiger partial charge in [0.25, 0.3) is 0 Å². The zero-order valence-electron chi connectivity index (χ0n) is 13.7. The molecule has 0 spiro atoms. The predicted molar refractivity (Wildman–Crippen MR) is 90.4 cm³/mol. The summed E-state index contributed by atoms with van der Waals surface area (Å²) in [6.07, 6.45) is 0.183. The van der Waals surface area contributed by atoms with Gasteiger partial charge in [0.05, 0.1) is 25.6 Å². The van der Waals surface area contributed by atoms with Crippen molar-refractivity contribution in [3.05, 3.63) is 12.7 Å². The molecule has 158 valence electrons. The second-order valence-electron chi connectivity index (χ2n) is 5.19. The van der Waals surface area contributed by atoms with Gasteiger partial charge in [0.1, 0.15) is 18.2 Å². The van der Waals surface area contributed by atoms with Crippen LogP contribution in [0.25, 0.3) is 11.2 Å². The molecule has 0 aliphatic heterocycles. The van der Waals surface area contributed by atoms with Crippen molar-refractivity contribution >= 4 is 40.2 Å². The van der Waals surface area contributed by atoms with E-state index >= 15 is 0 Å². The number of hydrogen-bond donors (Lipinski definition) is 6. The number of phosphoric acid groups is 2. The highest BCUT2D eigenvalue weighted by molar-refractivity contribution is 7.68. The van der Waals surface area contributed by atoms with Crippen molar-refractivity contribution in [2.75, 3.05) is 18.7 Å². The second-order valence-corrected chi connectivity index (χ2v) is 9.95. The number of ether oxygens (including phenoxy) is 1. The molecule has 19 heteroatoms. The van der Waals surface area contributed by atoms with E-state index in [-0.39, 0.29) is 17.9 Å². The molecule has 0 aliphatic carbocycles. The SMILES string of the molecule is Nc1ncnc2c1ncn2C[C@@H](CO)OCP(=O)(O)OP(=O)(O)OP(=O)(O)O. The van der Waals surface area contributed by atoms with Gasteiger partial charge < -0.3 is 39.7 Å². The number of nitrogens with two attached hydrogens (primary N) is 1.